The molecule has 0 atom stereocenters. The molecule has 1 aliphatic heterocycles. The first-order chi connectivity index (χ1) is 15.4. The van der Waals surface area contributed by atoms with Crippen molar-refractivity contribution >= 4 is 74.7 Å². The highest BCUT2D eigenvalue weighted by Gasteiger charge is 2.25. The van der Waals surface area contributed by atoms with Crippen LogP contribution < -0.4 is 5.32 Å². The van der Waals surface area contributed by atoms with Crippen molar-refractivity contribution in [2.24, 2.45) is 4.99 Å². The molecule has 5 nitrogen and oxygen atoms in total. The highest BCUT2D eigenvalue weighted by atomic mass is 35.5. The number of aliphatic imine (C=N–C) groups is 1. The zero-order chi connectivity index (χ0) is 22.7. The van der Waals surface area contributed by atoms with Gasteiger partial charge in [-0.25, -0.2) is 4.99 Å². The van der Waals surface area contributed by atoms with Gasteiger partial charge >= 0.3 is 0 Å². The summed E-state index contributed by atoms with van der Waals surface area (Å²) in [4.78, 5) is 32.7. The summed E-state index contributed by atoms with van der Waals surface area (Å²) in [7, 11) is 0. The van der Waals surface area contributed by atoms with Gasteiger partial charge in [0.1, 0.15) is 0 Å². The van der Waals surface area contributed by atoms with Crippen molar-refractivity contribution < 1.29 is 9.59 Å². The van der Waals surface area contributed by atoms with Crippen molar-refractivity contribution in [2.45, 2.75) is 13.3 Å². The maximum Gasteiger partial charge on any atom is 0.265 e. The number of rotatable bonds is 4. The fourth-order valence-corrected chi connectivity index (χ4v) is 5.02. The first-order valence-electron chi connectivity index (χ1n) is 9.86. The molecule has 1 aromatic heterocycles. The molecule has 1 saturated heterocycles. The smallest absolute Gasteiger partial charge is 0.265 e. The topological polar surface area (TPSA) is 61.8 Å². The SMILES string of the molecule is Cc1ccc(N=C2SCCCN2C(=O)c2ccc(Cl)c(NC(=O)c3cccs3)c2)cc1Cl. The van der Waals surface area contributed by atoms with Gasteiger partial charge in [0.15, 0.2) is 5.17 Å². The molecule has 1 N–H and O–H groups in total. The van der Waals surface area contributed by atoms with Crippen LogP contribution in [-0.2, 0) is 0 Å². The second-order valence-corrected chi connectivity index (χ2v) is 9.94. The molecule has 0 bridgehead atoms. The lowest BCUT2D eigenvalue weighted by Crippen LogP contribution is -2.39. The Balaban J connectivity index is 1.59. The van der Waals surface area contributed by atoms with E-state index in [1.165, 1.54) is 23.1 Å². The minimum absolute atomic E-state index is 0.197. The number of anilines is 1. The van der Waals surface area contributed by atoms with E-state index >= 15 is 0 Å². The summed E-state index contributed by atoms with van der Waals surface area (Å²) in [6.07, 6.45) is 0.861. The quantitative estimate of drug-likeness (QED) is 0.421. The number of amidine groups is 1. The third-order valence-electron chi connectivity index (χ3n) is 4.82. The van der Waals surface area contributed by atoms with Crippen LogP contribution >= 0.6 is 46.3 Å². The number of amides is 2. The van der Waals surface area contributed by atoms with Gasteiger partial charge in [-0.3, -0.25) is 14.5 Å². The number of carbonyl (C=O) groups excluding carboxylic acids is 2. The highest BCUT2D eigenvalue weighted by Crippen LogP contribution is 2.29. The first-order valence-corrected chi connectivity index (χ1v) is 12.5. The number of hydrogen-bond acceptors (Lipinski definition) is 5. The number of carbonyl (C=O) groups is 2. The summed E-state index contributed by atoms with van der Waals surface area (Å²) >= 11 is 15.4. The Morgan fingerprint density at radius 2 is 1.94 bits per heavy atom. The maximum atomic E-state index is 13.4. The van der Waals surface area contributed by atoms with Gasteiger partial charge in [-0.15, -0.1) is 11.3 Å². The largest absolute Gasteiger partial charge is 0.320 e. The molecule has 164 valence electrons. The molecular formula is C23H19Cl2N3O2S2. The summed E-state index contributed by atoms with van der Waals surface area (Å²) in [5.74, 6) is 0.418. The van der Waals surface area contributed by atoms with E-state index < -0.39 is 0 Å². The summed E-state index contributed by atoms with van der Waals surface area (Å²) in [6, 6.07) is 14.0. The highest BCUT2D eigenvalue weighted by molar-refractivity contribution is 8.13. The second kappa shape index (κ2) is 10.1. The number of hydrogen-bond donors (Lipinski definition) is 1. The van der Waals surface area contributed by atoms with Gasteiger partial charge in [0.05, 0.1) is 21.3 Å². The van der Waals surface area contributed by atoms with Crippen molar-refractivity contribution in [3.05, 3.63) is 80.0 Å². The molecule has 0 radical (unpaired) electrons. The Morgan fingerprint density at radius 1 is 1.09 bits per heavy atom. The van der Waals surface area contributed by atoms with Gasteiger partial charge in [-0.2, -0.15) is 0 Å². The van der Waals surface area contributed by atoms with Crippen molar-refractivity contribution in [1.29, 1.82) is 0 Å². The van der Waals surface area contributed by atoms with E-state index in [2.05, 4.69) is 10.3 Å². The zero-order valence-electron chi connectivity index (χ0n) is 17.1. The molecule has 1 aliphatic rings. The van der Waals surface area contributed by atoms with Gasteiger partial charge in [-0.05, 0) is 60.7 Å². The molecule has 0 aliphatic carbocycles. The molecule has 9 heteroatoms. The van der Waals surface area contributed by atoms with Crippen molar-refractivity contribution in [2.75, 3.05) is 17.6 Å². The third kappa shape index (κ3) is 5.18. The minimum atomic E-state index is -0.265. The Morgan fingerprint density at radius 3 is 2.69 bits per heavy atom. The van der Waals surface area contributed by atoms with Gasteiger partial charge in [0.25, 0.3) is 11.8 Å². The lowest BCUT2D eigenvalue weighted by Gasteiger charge is -2.28. The van der Waals surface area contributed by atoms with E-state index in [4.69, 9.17) is 23.2 Å². The number of benzene rings is 2. The molecular weight excluding hydrogens is 485 g/mol. The number of nitrogens with one attached hydrogen (secondary N) is 1. The average molecular weight is 504 g/mol. The molecule has 1 fully saturated rings. The maximum absolute atomic E-state index is 13.4. The predicted octanol–water partition coefficient (Wildman–Crippen LogP) is 6.88. The molecule has 2 aromatic carbocycles. The van der Waals surface area contributed by atoms with Gasteiger partial charge < -0.3 is 5.32 Å². The number of thioether (sulfide) groups is 1. The van der Waals surface area contributed by atoms with Crippen molar-refractivity contribution in [1.82, 2.24) is 4.90 Å². The molecule has 0 unspecified atom stereocenters. The molecule has 32 heavy (non-hydrogen) atoms. The third-order valence-corrected chi connectivity index (χ3v) is 7.49. The van der Waals surface area contributed by atoms with E-state index in [1.807, 2.05) is 24.4 Å². The number of thiophene rings is 1. The fraction of sp³-hybridized carbons (Fsp3) is 0.174. The van der Waals surface area contributed by atoms with Gasteiger partial charge in [-0.1, -0.05) is 47.1 Å². The van der Waals surface area contributed by atoms with Crippen LogP contribution in [0.4, 0.5) is 11.4 Å². The lowest BCUT2D eigenvalue weighted by molar-refractivity contribution is 0.0848. The molecule has 2 heterocycles. The zero-order valence-corrected chi connectivity index (χ0v) is 20.2. The Labute approximate surface area is 204 Å². The molecule has 3 aromatic rings. The van der Waals surface area contributed by atoms with Crippen LogP contribution in [0, 0.1) is 6.92 Å². The first kappa shape index (κ1) is 22.9. The Hall–Kier alpha value is -2.32. The number of nitrogens with zero attached hydrogens (tertiary/aromatic N) is 2. The summed E-state index contributed by atoms with van der Waals surface area (Å²) in [5.41, 5.74) is 2.48. The van der Waals surface area contributed by atoms with Crippen LogP contribution in [-0.4, -0.2) is 34.2 Å². The fourth-order valence-electron chi connectivity index (χ4n) is 3.10. The molecule has 0 spiro atoms. The van der Waals surface area contributed by atoms with Gasteiger partial charge in [0, 0.05) is 22.9 Å². The minimum Gasteiger partial charge on any atom is -0.320 e. The van der Waals surface area contributed by atoms with Crippen molar-refractivity contribution in [3.8, 4) is 0 Å². The summed E-state index contributed by atoms with van der Waals surface area (Å²) < 4.78 is 0. The van der Waals surface area contributed by atoms with E-state index in [0.29, 0.717) is 43.6 Å². The van der Waals surface area contributed by atoms with E-state index in [1.54, 1.807) is 41.3 Å². The van der Waals surface area contributed by atoms with Crippen LogP contribution in [0.15, 0.2) is 58.9 Å². The molecule has 2 amide bonds. The Kier molecular flexibility index (Phi) is 7.20. The number of halogens is 2. The Bertz CT molecular complexity index is 1200. The van der Waals surface area contributed by atoms with E-state index in [-0.39, 0.29) is 11.8 Å². The monoisotopic (exact) mass is 503 g/mol. The van der Waals surface area contributed by atoms with E-state index in [9.17, 15) is 9.59 Å². The predicted molar refractivity (Wildman–Crippen MR) is 135 cm³/mol. The van der Waals surface area contributed by atoms with Crippen LogP contribution in [0.2, 0.25) is 10.0 Å². The van der Waals surface area contributed by atoms with E-state index in [0.717, 1.165) is 17.7 Å². The number of aryl methyl sites for hydroxylation is 1. The normalized spacial score (nSPS) is 15.1. The van der Waals surface area contributed by atoms with Gasteiger partial charge in [0.2, 0.25) is 0 Å². The van der Waals surface area contributed by atoms with Crippen LogP contribution in [0.1, 0.15) is 32.0 Å². The van der Waals surface area contributed by atoms with Crippen LogP contribution in [0.5, 0.6) is 0 Å². The van der Waals surface area contributed by atoms with Crippen LogP contribution in [0.25, 0.3) is 0 Å². The standard InChI is InChI=1S/C23H19Cl2N3O2S2/c1-14-5-7-16(13-18(14)25)26-23-28(9-3-11-32-23)22(30)15-6-8-17(24)19(12-15)27-21(29)20-4-2-10-31-20/h2,4-8,10,12-13H,3,9,11H2,1H3,(H,27,29). The summed E-state index contributed by atoms with van der Waals surface area (Å²) in [5, 5.41) is 6.24. The van der Waals surface area contributed by atoms with Crippen molar-refractivity contribution in [3.63, 3.8) is 0 Å². The summed E-state index contributed by atoms with van der Waals surface area (Å²) in [6.45, 7) is 2.49. The second-order valence-electron chi connectivity index (χ2n) is 7.11. The average Bonchev–Trinajstić information content (AvgIpc) is 3.33. The van der Waals surface area contributed by atoms with Crippen LogP contribution in [0.3, 0.4) is 0 Å². The lowest BCUT2D eigenvalue weighted by atomic mass is 10.1. The molecule has 0 saturated carbocycles. The molecule has 4 rings (SSSR count).